The second kappa shape index (κ2) is 17.6. The summed E-state index contributed by atoms with van der Waals surface area (Å²) in [4.78, 5) is 57.7. The van der Waals surface area contributed by atoms with E-state index in [1.165, 1.54) is 38.3 Å². The van der Waals surface area contributed by atoms with Gasteiger partial charge < -0.3 is 40.2 Å². The van der Waals surface area contributed by atoms with Gasteiger partial charge in [0.2, 0.25) is 23.6 Å². The van der Waals surface area contributed by atoms with Crippen LogP contribution in [0, 0.1) is 11.7 Å². The molecule has 0 radical (unpaired) electrons. The number of methoxy groups -OCH3 is 2. The molecule has 2 aromatic rings. The average Bonchev–Trinajstić information content (AvgIpc) is 3.08. The second-order valence-corrected chi connectivity index (χ2v) is 13.4. The van der Waals surface area contributed by atoms with Crippen molar-refractivity contribution in [2.75, 3.05) is 41.0 Å². The number of nitrogens with zero attached hydrogens (tertiary/aromatic N) is 2. The molecule has 274 valence electrons. The van der Waals surface area contributed by atoms with Gasteiger partial charge in [-0.3, -0.25) is 24.1 Å². The largest absolute Gasteiger partial charge is 0.493 e. The molecule has 4 amide bonds. The number of fused-ring (bicyclic) bond motifs is 2. The van der Waals surface area contributed by atoms with Crippen molar-refractivity contribution < 1.29 is 42.9 Å². The zero-order valence-electron chi connectivity index (χ0n) is 29.6. The van der Waals surface area contributed by atoms with Gasteiger partial charge in [-0.25, -0.2) is 4.39 Å². The van der Waals surface area contributed by atoms with E-state index in [2.05, 4.69) is 16.0 Å². The van der Waals surface area contributed by atoms with Gasteiger partial charge in [0, 0.05) is 44.8 Å². The summed E-state index contributed by atoms with van der Waals surface area (Å²) >= 11 is 0. The highest BCUT2D eigenvalue weighted by atomic mass is 19.1. The number of likely N-dealkylation sites (N-methyl/N-ethyl adjacent to an activating group) is 1. The number of rotatable bonds is 8. The molecule has 0 unspecified atom stereocenters. The molecule has 50 heavy (non-hydrogen) atoms. The Labute approximate surface area is 292 Å². The number of carbonyl (C=O) groups is 4. The fraction of sp³-hybridized carbons (Fsp3) is 0.556. The van der Waals surface area contributed by atoms with Crippen molar-refractivity contribution in [2.24, 2.45) is 5.92 Å². The Bertz CT molecular complexity index is 1490. The number of halogens is 1. The summed E-state index contributed by atoms with van der Waals surface area (Å²) in [6.45, 7) is 5.20. The maximum atomic E-state index is 15.3. The van der Waals surface area contributed by atoms with E-state index in [0.29, 0.717) is 18.6 Å². The van der Waals surface area contributed by atoms with Crippen LogP contribution in [0.1, 0.15) is 44.7 Å². The van der Waals surface area contributed by atoms with Crippen LogP contribution in [0.4, 0.5) is 4.39 Å². The summed E-state index contributed by atoms with van der Waals surface area (Å²) < 4.78 is 31.9. The molecule has 0 saturated carbocycles. The Hall–Kier alpha value is -4.27. The minimum Gasteiger partial charge on any atom is -0.493 e. The summed E-state index contributed by atoms with van der Waals surface area (Å²) in [5, 5.41) is 20.0. The van der Waals surface area contributed by atoms with Crippen LogP contribution in [0.25, 0.3) is 0 Å². The Balaban J connectivity index is 1.71. The molecule has 4 rings (SSSR count). The smallest absolute Gasteiger partial charge is 0.245 e. The summed E-state index contributed by atoms with van der Waals surface area (Å²) in [5.41, 5.74) is 1.01. The molecule has 2 fully saturated rings. The van der Waals surface area contributed by atoms with Gasteiger partial charge in [-0.15, -0.1) is 0 Å². The summed E-state index contributed by atoms with van der Waals surface area (Å²) in [6.07, 6.45) is -1.31. The molecule has 4 N–H and O–H groups in total. The molecule has 0 aliphatic carbocycles. The first kappa shape index (κ1) is 38.5. The normalized spacial score (nSPS) is 26.1. The van der Waals surface area contributed by atoms with Gasteiger partial charge in [0.15, 0.2) is 11.5 Å². The van der Waals surface area contributed by atoms with Crippen molar-refractivity contribution >= 4 is 23.6 Å². The fourth-order valence-electron chi connectivity index (χ4n) is 6.27. The molecule has 0 spiro atoms. The first-order valence-electron chi connectivity index (χ1n) is 16.9. The molecule has 0 aromatic heterocycles. The fourth-order valence-corrected chi connectivity index (χ4v) is 6.27. The standard InChI is InChI=1S/C36H50FN5O8/c1-21(2)14-28-36(47)41(4)22(3)34(45)40-27(15-23-10-8-7-9-11-23)35(46)39-26-12-13-50-31(33(26)44)19-42(20-32(43)38-28)18-24-16-29(48-5)30(49-6)17-25(24)37/h7-11,16-17,21-22,26-28,31,33,44H,12-15,18-20H2,1-6H3,(H,38,43)(H,39,46)(H,40,45)/t22-,26-,27-,28+,31+,33-/m0/s1. The Kier molecular flexibility index (Phi) is 13.6. The third-order valence-corrected chi connectivity index (χ3v) is 9.20. The Morgan fingerprint density at radius 2 is 1.66 bits per heavy atom. The van der Waals surface area contributed by atoms with Gasteiger partial charge in [0.1, 0.15) is 30.0 Å². The number of ether oxygens (including phenoxy) is 3. The van der Waals surface area contributed by atoms with Gasteiger partial charge in [-0.05, 0) is 37.3 Å². The Morgan fingerprint density at radius 3 is 2.32 bits per heavy atom. The van der Waals surface area contributed by atoms with E-state index in [9.17, 15) is 24.3 Å². The summed E-state index contributed by atoms with van der Waals surface area (Å²) in [7, 11) is 4.31. The van der Waals surface area contributed by atoms with E-state index in [0.717, 1.165) is 5.56 Å². The van der Waals surface area contributed by atoms with Crippen LogP contribution >= 0.6 is 0 Å². The van der Waals surface area contributed by atoms with E-state index in [4.69, 9.17) is 14.2 Å². The highest BCUT2D eigenvalue weighted by molar-refractivity contribution is 5.94. The SMILES string of the molecule is COc1cc(F)c(CN2CC(=O)N[C@H](CC(C)C)C(=O)N(C)[C@@H](C)C(=O)N[C@@H](Cc3ccccc3)C(=O)N[C@H]3CCO[C@H](C2)[C@H]3O)cc1OC. The van der Waals surface area contributed by atoms with Crippen molar-refractivity contribution in [2.45, 2.75) is 83.0 Å². The molecule has 13 nitrogen and oxygen atoms in total. The molecule has 2 bridgehead atoms. The number of hydrogen-bond acceptors (Lipinski definition) is 9. The first-order valence-corrected chi connectivity index (χ1v) is 16.9. The van der Waals surface area contributed by atoms with Crippen molar-refractivity contribution in [3.05, 3.63) is 59.4 Å². The van der Waals surface area contributed by atoms with Crippen LogP contribution in [0.2, 0.25) is 0 Å². The van der Waals surface area contributed by atoms with Crippen molar-refractivity contribution in [1.82, 2.24) is 25.8 Å². The van der Waals surface area contributed by atoms with E-state index in [-0.39, 0.29) is 49.9 Å². The topological polar surface area (TPSA) is 159 Å². The molecule has 2 saturated heterocycles. The lowest BCUT2D eigenvalue weighted by atomic mass is 9.97. The zero-order chi connectivity index (χ0) is 36.5. The lowest BCUT2D eigenvalue weighted by molar-refractivity contribution is -0.142. The van der Waals surface area contributed by atoms with E-state index < -0.39 is 65.8 Å². The minimum atomic E-state index is -1.20. The molecular weight excluding hydrogens is 649 g/mol. The van der Waals surface area contributed by atoms with E-state index in [1.807, 2.05) is 44.2 Å². The predicted octanol–water partition coefficient (Wildman–Crippen LogP) is 1.40. The van der Waals surface area contributed by atoms with Crippen LogP contribution in [-0.2, 0) is 36.9 Å². The molecule has 2 aromatic carbocycles. The molecule has 2 aliphatic heterocycles. The van der Waals surface area contributed by atoms with Crippen molar-refractivity contribution in [3.8, 4) is 11.5 Å². The number of carbonyl (C=O) groups excluding carboxylic acids is 4. The van der Waals surface area contributed by atoms with E-state index in [1.54, 1.807) is 11.8 Å². The van der Waals surface area contributed by atoms with Gasteiger partial charge >= 0.3 is 0 Å². The maximum absolute atomic E-state index is 15.3. The van der Waals surface area contributed by atoms with Crippen LogP contribution < -0.4 is 25.4 Å². The van der Waals surface area contributed by atoms with Crippen molar-refractivity contribution in [3.63, 3.8) is 0 Å². The number of aliphatic hydroxyl groups is 1. The van der Waals surface area contributed by atoms with E-state index >= 15 is 4.39 Å². The lowest BCUT2D eigenvalue weighted by Gasteiger charge is -2.38. The predicted molar refractivity (Wildman–Crippen MR) is 183 cm³/mol. The zero-order valence-corrected chi connectivity index (χ0v) is 29.6. The van der Waals surface area contributed by atoms with Gasteiger partial charge in [0.25, 0.3) is 0 Å². The van der Waals surface area contributed by atoms with Gasteiger partial charge in [-0.1, -0.05) is 44.2 Å². The highest BCUT2D eigenvalue weighted by Crippen LogP contribution is 2.31. The number of amides is 4. The third-order valence-electron chi connectivity index (χ3n) is 9.20. The van der Waals surface area contributed by atoms with Crippen LogP contribution in [0.3, 0.4) is 0 Å². The molecular formula is C36H50FN5O8. The van der Waals surface area contributed by atoms with Crippen molar-refractivity contribution in [1.29, 1.82) is 0 Å². The minimum absolute atomic E-state index is 0.00882. The third kappa shape index (κ3) is 9.92. The molecule has 6 atom stereocenters. The van der Waals surface area contributed by atoms with Gasteiger partial charge in [-0.2, -0.15) is 0 Å². The van der Waals surface area contributed by atoms with Crippen LogP contribution in [0.5, 0.6) is 11.5 Å². The molecule has 2 heterocycles. The highest BCUT2D eigenvalue weighted by Gasteiger charge is 2.38. The monoisotopic (exact) mass is 699 g/mol. The summed E-state index contributed by atoms with van der Waals surface area (Å²) in [5.74, 6) is -2.13. The van der Waals surface area contributed by atoms with Gasteiger partial charge in [0.05, 0.1) is 32.9 Å². The first-order chi connectivity index (χ1) is 23.8. The maximum Gasteiger partial charge on any atom is 0.245 e. The summed E-state index contributed by atoms with van der Waals surface area (Å²) in [6, 6.07) is 8.16. The average molecular weight is 700 g/mol. The number of hydrogen-bond donors (Lipinski definition) is 4. The Morgan fingerprint density at radius 1 is 0.980 bits per heavy atom. The lowest BCUT2D eigenvalue weighted by Crippen LogP contribution is -2.60. The van der Waals surface area contributed by atoms with Crippen LogP contribution in [-0.4, -0.2) is 116 Å². The second-order valence-electron chi connectivity index (χ2n) is 13.4. The quantitative estimate of drug-likeness (QED) is 0.320. The molecule has 2 aliphatic rings. The number of benzene rings is 2. The van der Waals surface area contributed by atoms with Crippen LogP contribution in [0.15, 0.2) is 42.5 Å². The number of nitrogens with one attached hydrogen (secondary N) is 3. The number of aliphatic hydroxyl groups excluding tert-OH is 1. The molecule has 14 heteroatoms.